The van der Waals surface area contributed by atoms with E-state index in [-0.39, 0.29) is 6.03 Å². The lowest BCUT2D eigenvalue weighted by Gasteiger charge is -2.32. The molecule has 3 nitrogen and oxygen atoms in total. The molecule has 2 amide bonds. The summed E-state index contributed by atoms with van der Waals surface area (Å²) in [5, 5.41) is 0. The third-order valence-corrected chi connectivity index (χ3v) is 3.69. The van der Waals surface area contributed by atoms with Crippen LogP contribution in [0.1, 0.15) is 51.4 Å². The average molecular weight is 196 g/mol. The second-order valence-electron chi connectivity index (χ2n) is 4.62. The van der Waals surface area contributed by atoms with E-state index < -0.39 is 0 Å². The number of rotatable bonds is 2. The van der Waals surface area contributed by atoms with Gasteiger partial charge in [-0.05, 0) is 25.7 Å². The van der Waals surface area contributed by atoms with E-state index in [4.69, 9.17) is 5.73 Å². The lowest BCUT2D eigenvalue weighted by molar-refractivity contribution is 0.153. The Balaban J connectivity index is 2.02. The maximum atomic E-state index is 11.4. The minimum Gasteiger partial charge on any atom is -0.351 e. The van der Waals surface area contributed by atoms with Gasteiger partial charge in [-0.3, -0.25) is 0 Å². The van der Waals surface area contributed by atoms with Crippen molar-refractivity contribution < 1.29 is 4.79 Å². The first-order chi connectivity index (χ1) is 6.79. The zero-order chi connectivity index (χ0) is 9.97. The van der Waals surface area contributed by atoms with Crippen LogP contribution >= 0.6 is 0 Å². The normalized spacial score (nSPS) is 24.3. The number of nitrogens with two attached hydrogens (primary N) is 1. The van der Waals surface area contributed by atoms with Crippen molar-refractivity contribution in [2.75, 3.05) is 0 Å². The summed E-state index contributed by atoms with van der Waals surface area (Å²) in [7, 11) is 0. The van der Waals surface area contributed by atoms with Gasteiger partial charge < -0.3 is 10.6 Å². The molecule has 0 aromatic heterocycles. The van der Waals surface area contributed by atoms with Crippen LogP contribution in [0.5, 0.6) is 0 Å². The molecule has 0 bridgehead atoms. The largest absolute Gasteiger partial charge is 0.351 e. The number of amides is 2. The van der Waals surface area contributed by atoms with E-state index in [0.717, 1.165) is 0 Å². The van der Waals surface area contributed by atoms with Gasteiger partial charge in [-0.15, -0.1) is 0 Å². The first kappa shape index (κ1) is 9.81. The highest BCUT2D eigenvalue weighted by molar-refractivity contribution is 5.72. The Hall–Kier alpha value is -0.730. The molecule has 0 aromatic rings. The second kappa shape index (κ2) is 4.20. The maximum absolute atomic E-state index is 11.4. The molecule has 80 valence electrons. The van der Waals surface area contributed by atoms with Crippen molar-refractivity contribution in [2.24, 2.45) is 5.73 Å². The molecular weight excluding hydrogens is 176 g/mol. The molecule has 0 aromatic carbocycles. The Morgan fingerprint density at radius 1 is 0.929 bits per heavy atom. The van der Waals surface area contributed by atoms with Crippen LogP contribution in [0, 0.1) is 0 Å². The maximum Gasteiger partial charge on any atom is 0.315 e. The van der Waals surface area contributed by atoms with E-state index in [0.29, 0.717) is 12.1 Å². The summed E-state index contributed by atoms with van der Waals surface area (Å²) in [6.45, 7) is 0. The Bertz CT molecular complexity index is 189. The summed E-state index contributed by atoms with van der Waals surface area (Å²) < 4.78 is 0. The van der Waals surface area contributed by atoms with E-state index in [1.807, 2.05) is 4.90 Å². The predicted molar refractivity (Wildman–Crippen MR) is 55.9 cm³/mol. The molecule has 2 fully saturated rings. The highest BCUT2D eigenvalue weighted by Gasteiger charge is 2.32. The van der Waals surface area contributed by atoms with Crippen molar-refractivity contribution in [3.05, 3.63) is 0 Å². The molecule has 2 aliphatic rings. The van der Waals surface area contributed by atoms with Crippen molar-refractivity contribution in [1.82, 2.24) is 4.90 Å². The van der Waals surface area contributed by atoms with Crippen LogP contribution in [0.25, 0.3) is 0 Å². The SMILES string of the molecule is NC(=O)N(C1CCCC1)C1CCCC1. The fourth-order valence-corrected chi connectivity index (χ4v) is 3.02. The van der Waals surface area contributed by atoms with Crippen molar-refractivity contribution in [3.8, 4) is 0 Å². The fraction of sp³-hybridized carbons (Fsp3) is 0.909. The van der Waals surface area contributed by atoms with Crippen LogP contribution in [0.2, 0.25) is 0 Å². The third kappa shape index (κ3) is 1.86. The zero-order valence-corrected chi connectivity index (χ0v) is 8.74. The van der Waals surface area contributed by atoms with E-state index in [1.54, 1.807) is 0 Å². The predicted octanol–water partition coefficient (Wildman–Crippen LogP) is 2.25. The van der Waals surface area contributed by atoms with Crippen LogP contribution in [0.15, 0.2) is 0 Å². The Labute approximate surface area is 85.6 Å². The molecule has 3 heteroatoms. The molecule has 2 N–H and O–H groups in total. The molecule has 0 radical (unpaired) electrons. The van der Waals surface area contributed by atoms with Gasteiger partial charge >= 0.3 is 6.03 Å². The lowest BCUT2D eigenvalue weighted by Crippen LogP contribution is -2.47. The smallest absolute Gasteiger partial charge is 0.315 e. The second-order valence-corrected chi connectivity index (χ2v) is 4.62. The summed E-state index contributed by atoms with van der Waals surface area (Å²) in [5.41, 5.74) is 5.48. The number of nitrogens with zero attached hydrogens (tertiary/aromatic N) is 1. The van der Waals surface area contributed by atoms with Crippen molar-refractivity contribution in [2.45, 2.75) is 63.5 Å². The van der Waals surface area contributed by atoms with Gasteiger partial charge in [0.2, 0.25) is 0 Å². The summed E-state index contributed by atoms with van der Waals surface area (Å²) in [6.07, 6.45) is 9.72. The van der Waals surface area contributed by atoms with Crippen LogP contribution in [-0.2, 0) is 0 Å². The molecule has 0 spiro atoms. The molecule has 0 aliphatic heterocycles. The van der Waals surface area contributed by atoms with Gasteiger partial charge in [-0.2, -0.15) is 0 Å². The van der Waals surface area contributed by atoms with E-state index >= 15 is 0 Å². The molecule has 2 rings (SSSR count). The van der Waals surface area contributed by atoms with Crippen molar-refractivity contribution in [1.29, 1.82) is 0 Å². The van der Waals surface area contributed by atoms with Gasteiger partial charge in [-0.1, -0.05) is 25.7 Å². The summed E-state index contributed by atoms with van der Waals surface area (Å²) in [5.74, 6) is 0. The quantitative estimate of drug-likeness (QED) is 0.723. The first-order valence-electron chi connectivity index (χ1n) is 5.87. The summed E-state index contributed by atoms with van der Waals surface area (Å²) in [6, 6.07) is 0.718. The number of hydrogen-bond acceptors (Lipinski definition) is 1. The first-order valence-corrected chi connectivity index (χ1v) is 5.87. The van der Waals surface area contributed by atoms with E-state index in [9.17, 15) is 4.79 Å². The third-order valence-electron chi connectivity index (χ3n) is 3.69. The zero-order valence-electron chi connectivity index (χ0n) is 8.74. The van der Waals surface area contributed by atoms with Crippen LogP contribution in [0.3, 0.4) is 0 Å². The van der Waals surface area contributed by atoms with Gasteiger partial charge in [0.15, 0.2) is 0 Å². The molecule has 2 aliphatic carbocycles. The number of hydrogen-bond donors (Lipinski definition) is 1. The van der Waals surface area contributed by atoms with Crippen molar-refractivity contribution >= 4 is 6.03 Å². The van der Waals surface area contributed by atoms with Crippen molar-refractivity contribution in [3.63, 3.8) is 0 Å². The van der Waals surface area contributed by atoms with E-state index in [2.05, 4.69) is 0 Å². The molecule has 0 unspecified atom stereocenters. The summed E-state index contributed by atoms with van der Waals surface area (Å²) in [4.78, 5) is 13.4. The highest BCUT2D eigenvalue weighted by Crippen LogP contribution is 2.31. The number of carbonyl (C=O) groups excluding carboxylic acids is 1. The van der Waals surface area contributed by atoms with Gasteiger partial charge in [-0.25, -0.2) is 4.79 Å². The number of primary amides is 1. The lowest BCUT2D eigenvalue weighted by atomic mass is 10.1. The van der Waals surface area contributed by atoms with Gasteiger partial charge in [0.05, 0.1) is 0 Å². The molecular formula is C11H20N2O. The molecule has 14 heavy (non-hydrogen) atoms. The molecule has 0 atom stereocenters. The Morgan fingerprint density at radius 2 is 1.29 bits per heavy atom. The van der Waals surface area contributed by atoms with Crippen LogP contribution < -0.4 is 5.73 Å². The highest BCUT2D eigenvalue weighted by atomic mass is 16.2. The van der Waals surface area contributed by atoms with Crippen LogP contribution in [-0.4, -0.2) is 23.0 Å². The average Bonchev–Trinajstić information content (AvgIpc) is 2.75. The number of urea groups is 1. The van der Waals surface area contributed by atoms with E-state index in [1.165, 1.54) is 51.4 Å². The standard InChI is InChI=1S/C11H20N2O/c12-11(14)13(9-5-1-2-6-9)10-7-3-4-8-10/h9-10H,1-8H2,(H2,12,14). The van der Waals surface area contributed by atoms with Gasteiger partial charge in [0.1, 0.15) is 0 Å². The van der Waals surface area contributed by atoms with Gasteiger partial charge in [0.25, 0.3) is 0 Å². The van der Waals surface area contributed by atoms with Crippen LogP contribution in [0.4, 0.5) is 4.79 Å². The fourth-order valence-electron chi connectivity index (χ4n) is 3.02. The Kier molecular flexibility index (Phi) is 2.94. The minimum absolute atomic E-state index is 0.191. The number of carbonyl (C=O) groups is 1. The monoisotopic (exact) mass is 196 g/mol. The topological polar surface area (TPSA) is 46.3 Å². The Morgan fingerprint density at radius 3 is 1.57 bits per heavy atom. The molecule has 0 heterocycles. The summed E-state index contributed by atoms with van der Waals surface area (Å²) >= 11 is 0. The molecule has 2 saturated carbocycles. The molecule has 0 saturated heterocycles. The minimum atomic E-state index is -0.191. The van der Waals surface area contributed by atoms with Gasteiger partial charge in [0, 0.05) is 12.1 Å².